The Morgan fingerprint density at radius 3 is 2.08 bits per heavy atom. The number of hydrogen-bond acceptors (Lipinski definition) is 17. The first kappa shape index (κ1) is 76.5. The summed E-state index contributed by atoms with van der Waals surface area (Å²) in [5.74, 6) is 2.11. The molecule has 5 amide bonds. The highest BCUT2D eigenvalue weighted by atomic mass is 32.4. The highest BCUT2D eigenvalue weighted by Gasteiger charge is 2.32. The van der Waals surface area contributed by atoms with E-state index in [0.717, 1.165) is 30.3 Å². The second kappa shape index (κ2) is 35.0. The lowest BCUT2D eigenvalue weighted by Gasteiger charge is -2.21. The molecule has 0 bridgehead atoms. The SMILES string of the molecule is CN(C)c1ccc2c(-c3ccc(C(=O)NCc4c(O)ccc5c(-c6ccccc6C(=O)O)c6ccc(=O)c(CNC(=O)CCC(=O)NCCCCCC(=O)NCCCCCC(=O)NCC#Cc7cn([C@H]8CC[C@@H](COP(P)P)O8)c8ncnc(N)c78)c-6oc45)cc3C(=O)O)c3ccc(=[N+](C)C)cc-3oc2c1. The van der Waals surface area contributed by atoms with Gasteiger partial charge in [0.1, 0.15) is 66.6 Å². The van der Waals surface area contributed by atoms with Crippen molar-refractivity contribution < 1.29 is 67.0 Å². The number of carbonyl (C=O) groups is 7. The molecule has 3 aliphatic heterocycles. The fraction of sp³-hybridized carbons (Fsp3) is 0.312. The van der Waals surface area contributed by atoms with Crippen LogP contribution in [0, 0.1) is 11.8 Å². The molecular formula is C77H83N11O15P3+. The van der Waals surface area contributed by atoms with Gasteiger partial charge in [0.15, 0.2) is 5.43 Å². The van der Waals surface area contributed by atoms with Crippen molar-refractivity contribution in [3.05, 3.63) is 165 Å². The van der Waals surface area contributed by atoms with Crippen LogP contribution in [0.1, 0.15) is 131 Å². The van der Waals surface area contributed by atoms with Gasteiger partial charge in [-0.3, -0.25) is 28.8 Å². The number of nitrogens with zero attached hydrogens (tertiary/aromatic N) is 5. The van der Waals surface area contributed by atoms with Gasteiger partial charge in [-0.05, 0) is 110 Å². The van der Waals surface area contributed by atoms with Gasteiger partial charge in [0.25, 0.3) is 5.91 Å². The molecule has 29 heteroatoms. The molecule has 6 aromatic rings. The van der Waals surface area contributed by atoms with Gasteiger partial charge in [-0.1, -0.05) is 66.8 Å². The van der Waals surface area contributed by atoms with Crippen LogP contribution >= 0.6 is 25.4 Å². The molecule has 0 spiro atoms. The molecule has 1 fully saturated rings. The minimum absolute atomic E-state index is 0.0261. The number of fused-ring (bicyclic) bond motifs is 5. The van der Waals surface area contributed by atoms with Gasteiger partial charge in [0.05, 0.1) is 79.1 Å². The number of carboxylic acids is 2. The maximum Gasteiger partial charge on any atom is 0.336 e. The Labute approximate surface area is 615 Å². The predicted molar refractivity (Wildman–Crippen MR) is 412 cm³/mol. The van der Waals surface area contributed by atoms with E-state index in [1.165, 1.54) is 48.8 Å². The lowest BCUT2D eigenvalue weighted by molar-refractivity contribution is -0.126. The molecule has 2 unspecified atom stereocenters. The Balaban J connectivity index is 0.654. The lowest BCUT2D eigenvalue weighted by Crippen LogP contribution is -2.29. The Morgan fingerprint density at radius 1 is 0.698 bits per heavy atom. The second-order valence-electron chi connectivity index (χ2n) is 26.1. The molecule has 2 aromatic heterocycles. The van der Waals surface area contributed by atoms with Crippen molar-refractivity contribution in [3.63, 3.8) is 0 Å². The van der Waals surface area contributed by atoms with Gasteiger partial charge in [0.2, 0.25) is 29.0 Å². The van der Waals surface area contributed by atoms with E-state index in [1.54, 1.807) is 24.3 Å². The van der Waals surface area contributed by atoms with Crippen LogP contribution < -0.4 is 52.6 Å². The number of benzene rings is 6. The molecule has 4 aromatic carbocycles. The Kier molecular flexibility index (Phi) is 25.2. The van der Waals surface area contributed by atoms with E-state index < -0.39 is 43.3 Å². The first-order valence-corrected chi connectivity index (χ1v) is 39.2. The average molecular weight is 1500 g/mol. The summed E-state index contributed by atoms with van der Waals surface area (Å²) in [4.78, 5) is 116. The van der Waals surface area contributed by atoms with Crippen LogP contribution in [0.15, 0.2) is 129 Å². The number of aromatic nitrogens is 3. The number of nitrogen functional groups attached to an aromatic ring is 1. The molecule has 1 saturated heterocycles. The number of ether oxygens (including phenoxy) is 1. The first-order valence-electron chi connectivity index (χ1n) is 34.7. The smallest absolute Gasteiger partial charge is 0.336 e. The largest absolute Gasteiger partial charge is 0.507 e. The molecule has 0 saturated carbocycles. The lowest BCUT2D eigenvalue weighted by atomic mass is 9.88. The minimum Gasteiger partial charge on any atom is -0.507 e. The van der Waals surface area contributed by atoms with E-state index in [0.29, 0.717) is 137 Å². The zero-order valence-corrected chi connectivity index (χ0v) is 62.2. The number of phenolic OH excluding ortho intramolecular Hbond substituents is 1. The van der Waals surface area contributed by atoms with Crippen LogP contribution in [-0.4, -0.2) is 132 Å². The van der Waals surface area contributed by atoms with Gasteiger partial charge in [-0.2, -0.15) is 0 Å². The summed E-state index contributed by atoms with van der Waals surface area (Å²) < 4.78 is 28.9. The van der Waals surface area contributed by atoms with Gasteiger partial charge in [-0.25, -0.2) is 24.1 Å². The van der Waals surface area contributed by atoms with E-state index in [4.69, 9.17) is 23.8 Å². The summed E-state index contributed by atoms with van der Waals surface area (Å²) in [5.41, 5.74) is 10.4. The second-order valence-corrected chi connectivity index (χ2v) is 31.9. The molecule has 550 valence electrons. The monoisotopic (exact) mass is 1490 g/mol. The van der Waals surface area contributed by atoms with Crippen molar-refractivity contribution in [2.45, 2.75) is 102 Å². The summed E-state index contributed by atoms with van der Waals surface area (Å²) in [5, 5.41) is 49.4. The normalized spacial score (nSPS) is 13.4. The standard InChI is InChI=1S/C77H82N11O15P3/c1-86(2)46-20-24-52-61(37-46)102-62-38-47(87(3)4)21-25-53(62)69(52)50-23-19-44(36-56(50)77(98)99)75(95)83-40-58-60(90)29-27-55-70(49-15-9-10-16-51(49)76(96)97)54-26-28-59(89)57(71(54)103-72(55)58)39-82-66(94)31-30-65(93)80-34-12-6-7-17-63(91)79-33-11-5-8-18-64(92)81-35-13-14-45-41-88(74-68(45)73(78)84-43-85-74)67-32-22-48(101-67)42-100-106(104)105/h9-10,15-16,19-21,23-29,36-38,41,43,48,67H,5-8,11-12,17-18,22,30-35,39-40,42,104-105H2,1-4H3,(H9-,78,79,80,81,82,83,84,85,89,90,91,92,93,94,95,96,97,98,99)/p+1/t48-,67+/m0/s1. The van der Waals surface area contributed by atoms with Crippen LogP contribution in [0.2, 0.25) is 0 Å². The topological polar surface area (TPSA) is 365 Å². The third-order valence-corrected chi connectivity index (χ3v) is 19.8. The van der Waals surface area contributed by atoms with Crippen LogP contribution in [-0.2, 0) is 41.5 Å². The molecule has 26 nitrogen and oxygen atoms in total. The average Bonchev–Trinajstić information content (AvgIpc) is 0.974. The van der Waals surface area contributed by atoms with E-state index >= 15 is 0 Å². The van der Waals surface area contributed by atoms with E-state index in [9.17, 15) is 53.7 Å². The molecule has 106 heavy (non-hydrogen) atoms. The maximum absolute atomic E-state index is 14.3. The fourth-order valence-corrected chi connectivity index (χ4v) is 13.8. The number of nitrogens with two attached hydrogens (primary N) is 1. The van der Waals surface area contributed by atoms with Crippen LogP contribution in [0.3, 0.4) is 0 Å². The van der Waals surface area contributed by atoms with Crippen LogP contribution in [0.4, 0.5) is 11.5 Å². The highest BCUT2D eigenvalue weighted by molar-refractivity contribution is 8.41. The minimum atomic E-state index is -1.30. The van der Waals surface area contributed by atoms with E-state index in [-0.39, 0.29) is 106 Å². The van der Waals surface area contributed by atoms with Crippen molar-refractivity contribution in [3.8, 4) is 62.5 Å². The summed E-state index contributed by atoms with van der Waals surface area (Å²) in [6.07, 6.45) is 8.74. The first-order chi connectivity index (χ1) is 51.0. The number of unbranched alkanes of at least 4 members (excludes halogenated alkanes) is 4. The van der Waals surface area contributed by atoms with Gasteiger partial charge in [0, 0.05) is 115 Å². The number of carboxylic acid groups (broad SMARTS) is 2. The molecule has 4 atom stereocenters. The van der Waals surface area contributed by atoms with Crippen molar-refractivity contribution in [1.82, 2.24) is 45.7 Å². The van der Waals surface area contributed by atoms with Crippen molar-refractivity contribution in [2.75, 3.05) is 65.1 Å². The van der Waals surface area contributed by atoms with Gasteiger partial charge >= 0.3 is 11.9 Å². The molecule has 10 N–H and O–H groups in total. The fourth-order valence-electron chi connectivity index (χ4n) is 13.0. The molecule has 0 radical (unpaired) electrons. The number of hydrogen-bond donors (Lipinski definition) is 9. The number of carbonyl (C=O) groups excluding carboxylic acids is 5. The Bertz CT molecular complexity index is 5170. The Hall–Kier alpha value is -10.7. The third-order valence-electron chi connectivity index (χ3n) is 18.4. The summed E-state index contributed by atoms with van der Waals surface area (Å²) >= 11 is 0. The highest BCUT2D eigenvalue weighted by Crippen LogP contribution is 2.54. The molecule has 5 aliphatic rings. The number of anilines is 2. The number of aromatic hydroxyl groups is 1. The Morgan fingerprint density at radius 2 is 1.36 bits per heavy atom. The quantitative estimate of drug-likeness (QED) is 0.00664. The van der Waals surface area contributed by atoms with Crippen LogP contribution in [0.5, 0.6) is 5.75 Å². The van der Waals surface area contributed by atoms with E-state index in [2.05, 4.69) is 66.2 Å². The zero-order valence-electron chi connectivity index (χ0n) is 59.0. The van der Waals surface area contributed by atoms with Gasteiger partial charge < -0.3 is 75.2 Å². The van der Waals surface area contributed by atoms with E-state index in [1.807, 2.05) is 84.8 Å². The van der Waals surface area contributed by atoms with Crippen molar-refractivity contribution in [2.24, 2.45) is 0 Å². The van der Waals surface area contributed by atoms with Crippen LogP contribution in [0.25, 0.3) is 77.9 Å². The molecule has 11 rings (SSSR count). The van der Waals surface area contributed by atoms with Gasteiger partial charge in [-0.15, -0.1) is 0 Å². The zero-order chi connectivity index (χ0) is 75.3. The molecular weight excluding hydrogens is 1410 g/mol. The summed E-state index contributed by atoms with van der Waals surface area (Å²) in [7, 11) is 12.2. The number of rotatable bonds is 30. The number of phenols is 1. The molecule has 5 heterocycles. The number of aromatic carboxylic acids is 2. The maximum atomic E-state index is 14.3. The summed E-state index contributed by atoms with van der Waals surface area (Å²) in [6, 6.07) is 27.5. The summed E-state index contributed by atoms with van der Waals surface area (Å²) in [6.45, 7) is 0.646. The van der Waals surface area contributed by atoms with Crippen molar-refractivity contribution in [1.29, 1.82) is 0 Å². The number of nitrogens with one attached hydrogen (secondary N) is 5. The predicted octanol–water partition coefficient (Wildman–Crippen LogP) is 10.1. The third kappa shape index (κ3) is 18.2. The number of amides is 5. The van der Waals surface area contributed by atoms with Crippen molar-refractivity contribution >= 4 is 111 Å². The molecule has 2 aliphatic carbocycles.